The van der Waals surface area contributed by atoms with Crippen molar-refractivity contribution in [2.24, 2.45) is 16.6 Å². The molecule has 3 nitrogen and oxygen atoms in total. The molecule has 0 aromatic carbocycles. The van der Waals surface area contributed by atoms with E-state index in [1.807, 2.05) is 0 Å². The second-order valence-electron chi connectivity index (χ2n) is 5.70. The SMILES string of the molecule is CC1CCCC2(CN=C(N)N2C2CC2)C1. The third-order valence-corrected chi connectivity index (χ3v) is 4.27. The Bertz CT molecular complexity index is 295. The van der Waals surface area contributed by atoms with Gasteiger partial charge in [-0.25, -0.2) is 0 Å². The predicted octanol–water partition coefficient (Wildman–Crippen LogP) is 1.73. The first-order valence-corrected chi connectivity index (χ1v) is 6.30. The molecule has 2 fully saturated rings. The van der Waals surface area contributed by atoms with Crippen molar-refractivity contribution < 1.29 is 0 Å². The smallest absolute Gasteiger partial charge is 0.192 e. The molecule has 3 rings (SSSR count). The quantitative estimate of drug-likeness (QED) is 0.711. The molecule has 2 N–H and O–H groups in total. The maximum atomic E-state index is 6.05. The molecule has 3 aliphatic rings. The fourth-order valence-corrected chi connectivity index (χ4v) is 3.53. The molecule has 0 aromatic heterocycles. The Labute approximate surface area is 91.7 Å². The van der Waals surface area contributed by atoms with E-state index in [4.69, 9.17) is 5.73 Å². The van der Waals surface area contributed by atoms with Crippen LogP contribution in [0.5, 0.6) is 0 Å². The molecule has 84 valence electrons. The van der Waals surface area contributed by atoms with Gasteiger partial charge in [0.25, 0.3) is 0 Å². The number of guanidine groups is 1. The van der Waals surface area contributed by atoms with Crippen LogP contribution in [0.15, 0.2) is 4.99 Å². The lowest BCUT2D eigenvalue weighted by atomic mass is 9.75. The third kappa shape index (κ3) is 1.44. The van der Waals surface area contributed by atoms with E-state index in [-0.39, 0.29) is 0 Å². The number of rotatable bonds is 1. The van der Waals surface area contributed by atoms with Gasteiger partial charge >= 0.3 is 0 Å². The van der Waals surface area contributed by atoms with Gasteiger partial charge in [-0.2, -0.15) is 0 Å². The monoisotopic (exact) mass is 207 g/mol. The zero-order valence-corrected chi connectivity index (χ0v) is 9.58. The number of hydrogen-bond acceptors (Lipinski definition) is 3. The van der Waals surface area contributed by atoms with Crippen LogP contribution in [0, 0.1) is 5.92 Å². The van der Waals surface area contributed by atoms with Gasteiger partial charge in [-0.05, 0) is 31.6 Å². The normalized spacial score (nSPS) is 41.0. The van der Waals surface area contributed by atoms with Crippen molar-refractivity contribution in [2.75, 3.05) is 6.54 Å². The van der Waals surface area contributed by atoms with Gasteiger partial charge < -0.3 is 10.6 Å². The highest BCUT2D eigenvalue weighted by atomic mass is 15.4. The van der Waals surface area contributed by atoms with E-state index in [0.717, 1.165) is 24.5 Å². The van der Waals surface area contributed by atoms with E-state index >= 15 is 0 Å². The molecule has 2 aliphatic carbocycles. The molecule has 1 heterocycles. The third-order valence-electron chi connectivity index (χ3n) is 4.27. The Hall–Kier alpha value is -0.730. The van der Waals surface area contributed by atoms with Crippen LogP contribution in [0.3, 0.4) is 0 Å². The number of hydrogen-bond donors (Lipinski definition) is 1. The van der Waals surface area contributed by atoms with Crippen LogP contribution in [0.1, 0.15) is 45.4 Å². The Morgan fingerprint density at radius 3 is 2.87 bits per heavy atom. The van der Waals surface area contributed by atoms with Gasteiger partial charge in [0.1, 0.15) is 0 Å². The second kappa shape index (κ2) is 3.13. The Balaban J connectivity index is 1.84. The molecular formula is C12H21N3. The van der Waals surface area contributed by atoms with Crippen LogP contribution in [0.2, 0.25) is 0 Å². The molecule has 0 aromatic rings. The van der Waals surface area contributed by atoms with Crippen LogP contribution in [0.4, 0.5) is 0 Å². The molecule has 1 aliphatic heterocycles. The summed E-state index contributed by atoms with van der Waals surface area (Å²) < 4.78 is 0. The fourth-order valence-electron chi connectivity index (χ4n) is 3.53. The summed E-state index contributed by atoms with van der Waals surface area (Å²) in [4.78, 5) is 6.99. The summed E-state index contributed by atoms with van der Waals surface area (Å²) in [6, 6.07) is 0.724. The maximum absolute atomic E-state index is 6.05. The lowest BCUT2D eigenvalue weighted by molar-refractivity contribution is 0.108. The topological polar surface area (TPSA) is 41.6 Å². The summed E-state index contributed by atoms with van der Waals surface area (Å²) in [5.74, 6) is 1.67. The largest absolute Gasteiger partial charge is 0.370 e. The predicted molar refractivity (Wildman–Crippen MR) is 61.7 cm³/mol. The minimum Gasteiger partial charge on any atom is -0.370 e. The van der Waals surface area contributed by atoms with Crippen molar-refractivity contribution in [3.05, 3.63) is 0 Å². The maximum Gasteiger partial charge on any atom is 0.192 e. The summed E-state index contributed by atoms with van der Waals surface area (Å²) in [7, 11) is 0. The van der Waals surface area contributed by atoms with Gasteiger partial charge in [-0.1, -0.05) is 19.8 Å². The lowest BCUT2D eigenvalue weighted by Crippen LogP contribution is -2.54. The average Bonchev–Trinajstić information content (AvgIpc) is 2.96. The first kappa shape index (κ1) is 9.49. The van der Waals surface area contributed by atoms with E-state index < -0.39 is 0 Å². The van der Waals surface area contributed by atoms with Crippen molar-refractivity contribution in [1.82, 2.24) is 4.90 Å². The molecule has 0 saturated heterocycles. The van der Waals surface area contributed by atoms with Crippen LogP contribution in [0.25, 0.3) is 0 Å². The summed E-state index contributed by atoms with van der Waals surface area (Å²) in [6.45, 7) is 3.33. The van der Waals surface area contributed by atoms with Gasteiger partial charge in [0.15, 0.2) is 5.96 Å². The van der Waals surface area contributed by atoms with Crippen molar-refractivity contribution in [3.8, 4) is 0 Å². The second-order valence-corrected chi connectivity index (χ2v) is 5.70. The first-order valence-electron chi connectivity index (χ1n) is 6.30. The van der Waals surface area contributed by atoms with E-state index in [1.165, 1.54) is 38.5 Å². The molecule has 2 unspecified atom stereocenters. The van der Waals surface area contributed by atoms with Crippen LogP contribution in [-0.2, 0) is 0 Å². The Morgan fingerprint density at radius 1 is 1.40 bits per heavy atom. The lowest BCUT2D eigenvalue weighted by Gasteiger charge is -2.44. The van der Waals surface area contributed by atoms with Gasteiger partial charge in [-0.3, -0.25) is 4.99 Å². The van der Waals surface area contributed by atoms with Crippen molar-refractivity contribution in [1.29, 1.82) is 0 Å². The standard InChI is InChI=1S/C12H21N3/c1-9-3-2-6-12(7-9)8-14-11(13)15(12)10-4-5-10/h9-10H,2-8H2,1H3,(H2,13,14). The highest BCUT2D eigenvalue weighted by Gasteiger charge is 2.49. The molecular weight excluding hydrogens is 186 g/mol. The van der Waals surface area contributed by atoms with Crippen LogP contribution < -0.4 is 5.73 Å². The Kier molecular flexibility index (Phi) is 1.98. The fraction of sp³-hybridized carbons (Fsp3) is 0.917. The summed E-state index contributed by atoms with van der Waals surface area (Å²) in [5, 5.41) is 0. The average molecular weight is 207 g/mol. The van der Waals surface area contributed by atoms with Gasteiger partial charge in [-0.15, -0.1) is 0 Å². The molecule has 15 heavy (non-hydrogen) atoms. The van der Waals surface area contributed by atoms with Crippen molar-refractivity contribution >= 4 is 5.96 Å². The van der Waals surface area contributed by atoms with E-state index in [1.54, 1.807) is 0 Å². The van der Waals surface area contributed by atoms with E-state index in [0.29, 0.717) is 5.54 Å². The van der Waals surface area contributed by atoms with Gasteiger partial charge in [0.05, 0.1) is 12.1 Å². The minimum absolute atomic E-state index is 0.322. The van der Waals surface area contributed by atoms with Crippen LogP contribution >= 0.6 is 0 Å². The van der Waals surface area contributed by atoms with Gasteiger partial charge in [0.2, 0.25) is 0 Å². The van der Waals surface area contributed by atoms with E-state index in [9.17, 15) is 0 Å². The minimum atomic E-state index is 0.322. The zero-order valence-electron chi connectivity index (χ0n) is 9.58. The number of nitrogens with zero attached hydrogens (tertiary/aromatic N) is 2. The molecule has 2 saturated carbocycles. The zero-order chi connectivity index (χ0) is 10.5. The molecule has 2 atom stereocenters. The molecule has 0 amide bonds. The molecule has 1 spiro atoms. The summed E-state index contributed by atoms with van der Waals surface area (Å²) >= 11 is 0. The van der Waals surface area contributed by atoms with Crippen LogP contribution in [-0.4, -0.2) is 29.0 Å². The highest BCUT2D eigenvalue weighted by Crippen LogP contribution is 2.44. The first-order chi connectivity index (χ1) is 7.21. The summed E-state index contributed by atoms with van der Waals surface area (Å²) in [6.07, 6.45) is 8.00. The van der Waals surface area contributed by atoms with E-state index in [2.05, 4.69) is 16.8 Å². The van der Waals surface area contributed by atoms with Crippen molar-refractivity contribution in [2.45, 2.75) is 57.0 Å². The van der Waals surface area contributed by atoms with Crippen molar-refractivity contribution in [3.63, 3.8) is 0 Å². The number of nitrogens with two attached hydrogens (primary N) is 1. The van der Waals surface area contributed by atoms with Gasteiger partial charge in [0, 0.05) is 6.04 Å². The molecule has 0 radical (unpaired) electrons. The molecule has 3 heteroatoms. The highest BCUT2D eigenvalue weighted by molar-refractivity contribution is 5.81. The Morgan fingerprint density at radius 2 is 2.20 bits per heavy atom. The summed E-state index contributed by atoms with van der Waals surface area (Å²) in [5.41, 5.74) is 6.37. The molecule has 0 bridgehead atoms. The number of aliphatic imine (C=N–C) groups is 1.